The fraction of sp³-hybridized carbons (Fsp3) is 0.167. The van der Waals surface area contributed by atoms with Crippen LogP contribution in [0.25, 0.3) is 11.4 Å². The zero-order chi connectivity index (χ0) is 21.9. The van der Waals surface area contributed by atoms with Crippen molar-refractivity contribution >= 4 is 11.6 Å². The Balaban J connectivity index is 1.59. The van der Waals surface area contributed by atoms with Crippen molar-refractivity contribution in [3.8, 4) is 17.1 Å². The van der Waals surface area contributed by atoms with Crippen LogP contribution < -0.4 is 10.1 Å². The molecule has 0 radical (unpaired) electrons. The molecule has 0 saturated heterocycles. The highest BCUT2D eigenvalue weighted by Crippen LogP contribution is 2.29. The standard InChI is InChI=1S/C18H11F6N3O3/c19-17(20,21)16-26-15(27-30-16)11-3-5-12(6-4-11)25-14(28)9-10-1-7-13(8-2-10)29-18(22,23)24/h1-8H,9H2,(H,25,28). The molecular formula is C18H11F6N3O3. The third kappa shape index (κ3) is 5.72. The molecule has 1 heterocycles. The first-order valence-electron chi connectivity index (χ1n) is 8.15. The summed E-state index contributed by atoms with van der Waals surface area (Å²) in [6.45, 7) is 0. The summed E-state index contributed by atoms with van der Waals surface area (Å²) in [7, 11) is 0. The van der Waals surface area contributed by atoms with Gasteiger partial charge >= 0.3 is 18.4 Å². The van der Waals surface area contributed by atoms with Gasteiger partial charge in [0.25, 0.3) is 0 Å². The molecule has 0 aliphatic heterocycles. The average molecular weight is 431 g/mol. The van der Waals surface area contributed by atoms with E-state index in [9.17, 15) is 31.1 Å². The van der Waals surface area contributed by atoms with E-state index < -0.39 is 30.1 Å². The van der Waals surface area contributed by atoms with Crippen LogP contribution in [0.2, 0.25) is 0 Å². The van der Waals surface area contributed by atoms with Gasteiger partial charge in [-0.2, -0.15) is 18.2 Å². The van der Waals surface area contributed by atoms with Crippen molar-refractivity contribution in [2.24, 2.45) is 0 Å². The number of ether oxygens (including phenoxy) is 1. The number of halogens is 6. The minimum Gasteiger partial charge on any atom is -0.406 e. The lowest BCUT2D eigenvalue weighted by molar-refractivity contribution is -0.274. The van der Waals surface area contributed by atoms with Gasteiger partial charge in [-0.05, 0) is 42.0 Å². The van der Waals surface area contributed by atoms with Crippen molar-refractivity contribution in [3.63, 3.8) is 0 Å². The Hall–Kier alpha value is -3.57. The van der Waals surface area contributed by atoms with E-state index in [1.807, 2.05) is 0 Å². The predicted molar refractivity (Wildman–Crippen MR) is 90.2 cm³/mol. The van der Waals surface area contributed by atoms with E-state index in [0.29, 0.717) is 11.3 Å². The molecule has 0 unspecified atom stereocenters. The van der Waals surface area contributed by atoms with E-state index >= 15 is 0 Å². The summed E-state index contributed by atoms with van der Waals surface area (Å²) in [4.78, 5) is 15.3. The number of carbonyl (C=O) groups is 1. The molecule has 0 aliphatic rings. The Morgan fingerprint density at radius 2 is 1.60 bits per heavy atom. The van der Waals surface area contributed by atoms with Gasteiger partial charge in [0.05, 0.1) is 6.42 Å². The van der Waals surface area contributed by atoms with Crippen LogP contribution in [0.1, 0.15) is 11.5 Å². The Morgan fingerprint density at radius 3 is 2.13 bits per heavy atom. The quantitative estimate of drug-likeness (QED) is 0.586. The van der Waals surface area contributed by atoms with E-state index in [1.165, 1.54) is 36.4 Å². The molecule has 12 heteroatoms. The van der Waals surface area contributed by atoms with Crippen LogP contribution >= 0.6 is 0 Å². The first kappa shape index (κ1) is 21.1. The number of nitrogens with zero attached hydrogens (tertiary/aromatic N) is 2. The number of benzene rings is 2. The molecule has 158 valence electrons. The van der Waals surface area contributed by atoms with Crippen LogP contribution in [0.4, 0.5) is 32.0 Å². The molecule has 0 aliphatic carbocycles. The molecule has 0 bridgehead atoms. The van der Waals surface area contributed by atoms with Crippen molar-refractivity contribution in [1.82, 2.24) is 10.1 Å². The number of hydrogen-bond donors (Lipinski definition) is 1. The second-order valence-electron chi connectivity index (χ2n) is 5.91. The van der Waals surface area contributed by atoms with Gasteiger partial charge in [-0.15, -0.1) is 13.2 Å². The van der Waals surface area contributed by atoms with Gasteiger partial charge in [0.1, 0.15) is 5.75 Å². The SMILES string of the molecule is O=C(Cc1ccc(OC(F)(F)F)cc1)Nc1ccc(-c2noc(C(F)(F)F)n2)cc1. The summed E-state index contributed by atoms with van der Waals surface area (Å²) >= 11 is 0. The third-order valence-corrected chi connectivity index (χ3v) is 3.62. The van der Waals surface area contributed by atoms with Crippen LogP contribution in [0.3, 0.4) is 0 Å². The normalized spacial score (nSPS) is 11.9. The van der Waals surface area contributed by atoms with E-state index in [-0.39, 0.29) is 17.8 Å². The second-order valence-corrected chi connectivity index (χ2v) is 5.91. The number of alkyl halides is 6. The molecule has 1 aromatic heterocycles. The number of carbonyl (C=O) groups excluding carboxylic acids is 1. The summed E-state index contributed by atoms with van der Waals surface area (Å²) in [6.07, 6.45) is -9.68. The number of aromatic nitrogens is 2. The summed E-state index contributed by atoms with van der Waals surface area (Å²) in [5.41, 5.74) is 1.04. The minimum atomic E-state index is -4.80. The molecular weight excluding hydrogens is 420 g/mol. The summed E-state index contributed by atoms with van der Waals surface area (Å²) < 4.78 is 81.8. The fourth-order valence-corrected chi connectivity index (χ4v) is 2.36. The van der Waals surface area contributed by atoms with Crippen molar-refractivity contribution < 1.29 is 40.4 Å². The lowest BCUT2D eigenvalue weighted by Gasteiger charge is -2.09. The molecule has 6 nitrogen and oxygen atoms in total. The molecule has 1 amide bonds. The van der Waals surface area contributed by atoms with Gasteiger partial charge in [0, 0.05) is 11.3 Å². The number of amides is 1. The highest BCUT2D eigenvalue weighted by atomic mass is 19.4. The van der Waals surface area contributed by atoms with Crippen molar-refractivity contribution in [2.45, 2.75) is 19.0 Å². The molecule has 2 aromatic carbocycles. The summed E-state index contributed by atoms with van der Waals surface area (Å²) in [5.74, 6) is -2.59. The second kappa shape index (κ2) is 8.05. The molecule has 0 atom stereocenters. The maximum atomic E-state index is 12.5. The summed E-state index contributed by atoms with van der Waals surface area (Å²) in [6, 6.07) is 10.5. The zero-order valence-electron chi connectivity index (χ0n) is 14.7. The van der Waals surface area contributed by atoms with Crippen LogP contribution in [0.5, 0.6) is 5.75 Å². The van der Waals surface area contributed by atoms with Gasteiger partial charge in [0.15, 0.2) is 0 Å². The molecule has 1 N–H and O–H groups in total. The largest absolute Gasteiger partial charge is 0.573 e. The molecule has 0 saturated carbocycles. The van der Waals surface area contributed by atoms with Gasteiger partial charge in [0.2, 0.25) is 11.7 Å². The molecule has 30 heavy (non-hydrogen) atoms. The van der Waals surface area contributed by atoms with Crippen molar-refractivity contribution in [3.05, 3.63) is 60.0 Å². The summed E-state index contributed by atoms with van der Waals surface area (Å²) in [5, 5.41) is 5.81. The highest BCUT2D eigenvalue weighted by molar-refractivity contribution is 5.92. The monoisotopic (exact) mass is 431 g/mol. The number of nitrogens with one attached hydrogen (secondary N) is 1. The lowest BCUT2D eigenvalue weighted by Crippen LogP contribution is -2.17. The van der Waals surface area contributed by atoms with Crippen molar-refractivity contribution in [1.29, 1.82) is 0 Å². The predicted octanol–water partition coefficient (Wildman–Crippen LogP) is 4.84. The fourth-order valence-electron chi connectivity index (χ4n) is 2.36. The van der Waals surface area contributed by atoms with E-state index in [1.54, 1.807) is 0 Å². The van der Waals surface area contributed by atoms with Gasteiger partial charge < -0.3 is 14.6 Å². The Labute approximate surface area is 164 Å². The van der Waals surface area contributed by atoms with E-state index in [2.05, 4.69) is 24.7 Å². The Bertz CT molecular complexity index is 1010. The first-order valence-corrected chi connectivity index (χ1v) is 8.15. The zero-order valence-corrected chi connectivity index (χ0v) is 14.7. The molecule has 0 fully saturated rings. The van der Waals surface area contributed by atoms with Crippen LogP contribution in [0.15, 0.2) is 53.1 Å². The Morgan fingerprint density at radius 1 is 0.967 bits per heavy atom. The lowest BCUT2D eigenvalue weighted by atomic mass is 10.1. The van der Waals surface area contributed by atoms with E-state index in [4.69, 9.17) is 0 Å². The molecule has 3 rings (SSSR count). The Kier molecular flexibility index (Phi) is 5.67. The van der Waals surface area contributed by atoms with Crippen LogP contribution in [0, 0.1) is 0 Å². The topological polar surface area (TPSA) is 77.2 Å². The van der Waals surface area contributed by atoms with E-state index in [0.717, 1.165) is 12.1 Å². The molecule has 3 aromatic rings. The van der Waals surface area contributed by atoms with Gasteiger partial charge in [-0.1, -0.05) is 17.3 Å². The molecule has 0 spiro atoms. The average Bonchev–Trinajstić information content (AvgIpc) is 3.13. The van der Waals surface area contributed by atoms with Crippen LogP contribution in [-0.2, 0) is 17.4 Å². The minimum absolute atomic E-state index is 0.117. The van der Waals surface area contributed by atoms with Gasteiger partial charge in [-0.25, -0.2) is 0 Å². The number of hydrogen-bond acceptors (Lipinski definition) is 5. The number of anilines is 1. The number of rotatable bonds is 5. The smallest absolute Gasteiger partial charge is 0.406 e. The van der Waals surface area contributed by atoms with Gasteiger partial charge in [-0.3, -0.25) is 4.79 Å². The third-order valence-electron chi connectivity index (χ3n) is 3.62. The highest BCUT2D eigenvalue weighted by Gasteiger charge is 2.38. The first-order chi connectivity index (χ1) is 14.0. The maximum absolute atomic E-state index is 12.5. The van der Waals surface area contributed by atoms with Crippen LogP contribution in [-0.4, -0.2) is 22.4 Å². The van der Waals surface area contributed by atoms with Crippen molar-refractivity contribution in [2.75, 3.05) is 5.32 Å². The maximum Gasteiger partial charge on any atom is 0.573 e.